The minimum absolute atomic E-state index is 0.0194. The lowest BCUT2D eigenvalue weighted by Gasteiger charge is -2.33. The second-order valence-electron chi connectivity index (χ2n) is 6.19. The second-order valence-corrected chi connectivity index (χ2v) is 8.12. The van der Waals surface area contributed by atoms with Crippen molar-refractivity contribution < 1.29 is 22.7 Å². The van der Waals surface area contributed by atoms with E-state index in [1.54, 1.807) is 0 Å². The van der Waals surface area contributed by atoms with Gasteiger partial charge in [-0.3, -0.25) is 9.59 Å². The van der Waals surface area contributed by atoms with Crippen LogP contribution in [0.3, 0.4) is 0 Å². The quantitative estimate of drug-likeness (QED) is 0.520. The number of piperazine rings is 1. The molecule has 1 fully saturated rings. The summed E-state index contributed by atoms with van der Waals surface area (Å²) in [7, 11) is -2.27. The van der Waals surface area contributed by atoms with Crippen LogP contribution in [-0.2, 0) is 17.1 Å². The van der Waals surface area contributed by atoms with Gasteiger partial charge in [-0.2, -0.15) is 9.04 Å². The first-order valence-electron chi connectivity index (χ1n) is 8.14. The van der Waals surface area contributed by atoms with Crippen LogP contribution >= 0.6 is 0 Å². The van der Waals surface area contributed by atoms with Gasteiger partial charge in [0.05, 0.1) is 0 Å². The van der Waals surface area contributed by atoms with E-state index in [-0.39, 0.29) is 48.2 Å². The maximum absolute atomic E-state index is 12.8. The molecule has 1 aliphatic heterocycles. The van der Waals surface area contributed by atoms with Gasteiger partial charge in [0, 0.05) is 45.5 Å². The van der Waals surface area contributed by atoms with Gasteiger partial charge in [-0.25, -0.2) is 8.42 Å². The molecular formula is C16H19N5O5S. The highest BCUT2D eigenvalue weighted by atomic mass is 32.2. The molecule has 11 heteroatoms. The van der Waals surface area contributed by atoms with E-state index in [1.807, 2.05) is 0 Å². The monoisotopic (exact) mass is 393 g/mol. The lowest BCUT2D eigenvalue weighted by Crippen LogP contribution is -2.50. The van der Waals surface area contributed by atoms with Crippen molar-refractivity contribution in [3.05, 3.63) is 53.3 Å². The van der Waals surface area contributed by atoms with Crippen LogP contribution in [-0.4, -0.2) is 60.2 Å². The Labute approximate surface area is 156 Å². The molecule has 0 radical (unpaired) electrons. The molecule has 3 heterocycles. The number of nitrogens with two attached hydrogens (primary N) is 1. The van der Waals surface area contributed by atoms with E-state index in [0.717, 1.165) is 0 Å². The molecule has 0 aromatic carbocycles. The topological polar surface area (TPSA) is 133 Å². The largest absolute Gasteiger partial charge is 0.619 e. The van der Waals surface area contributed by atoms with Crippen molar-refractivity contribution in [2.45, 2.75) is 4.90 Å². The molecule has 2 N–H and O–H groups in total. The lowest BCUT2D eigenvalue weighted by atomic mass is 10.2. The summed E-state index contributed by atoms with van der Waals surface area (Å²) in [6.45, 7) is 0.612. The molecule has 1 aliphatic rings. The van der Waals surface area contributed by atoms with Gasteiger partial charge in [-0.05, 0) is 12.1 Å². The van der Waals surface area contributed by atoms with Gasteiger partial charge >= 0.3 is 0 Å². The number of aromatic nitrogens is 2. The zero-order valence-corrected chi connectivity index (χ0v) is 15.4. The summed E-state index contributed by atoms with van der Waals surface area (Å²) in [6.07, 6.45) is 3.80. The molecule has 0 aliphatic carbocycles. The molecule has 0 unspecified atom stereocenters. The van der Waals surface area contributed by atoms with Crippen molar-refractivity contribution in [3.63, 3.8) is 0 Å². The smallest absolute Gasteiger partial charge is 0.265 e. The van der Waals surface area contributed by atoms with Crippen LogP contribution < -0.4 is 10.5 Å². The van der Waals surface area contributed by atoms with Gasteiger partial charge < -0.3 is 20.4 Å². The lowest BCUT2D eigenvalue weighted by molar-refractivity contribution is -0.605. The second kappa shape index (κ2) is 7.00. The number of amides is 2. The van der Waals surface area contributed by atoms with Crippen LogP contribution in [0, 0.1) is 5.21 Å². The zero-order valence-electron chi connectivity index (χ0n) is 14.6. The maximum Gasteiger partial charge on any atom is 0.265 e. The molecule has 2 aromatic heterocycles. The van der Waals surface area contributed by atoms with Crippen LogP contribution in [0.15, 0.2) is 41.7 Å². The van der Waals surface area contributed by atoms with E-state index >= 15 is 0 Å². The van der Waals surface area contributed by atoms with Crippen molar-refractivity contribution in [1.29, 1.82) is 0 Å². The predicted octanol–water partition coefficient (Wildman–Crippen LogP) is -1.10. The van der Waals surface area contributed by atoms with Gasteiger partial charge in [0.15, 0.2) is 12.4 Å². The molecule has 0 bridgehead atoms. The fraction of sp³-hybridized carbons (Fsp3) is 0.312. The number of hydrogen-bond acceptors (Lipinski definition) is 5. The van der Waals surface area contributed by atoms with Gasteiger partial charge in [0.25, 0.3) is 11.8 Å². The van der Waals surface area contributed by atoms with E-state index in [0.29, 0.717) is 4.73 Å². The number of aryl methyl sites for hydroxylation is 1. The summed E-state index contributed by atoms with van der Waals surface area (Å²) >= 11 is 0. The highest BCUT2D eigenvalue weighted by molar-refractivity contribution is 7.89. The van der Waals surface area contributed by atoms with Crippen LogP contribution in [0.5, 0.6) is 0 Å². The first kappa shape index (κ1) is 18.9. The molecule has 27 heavy (non-hydrogen) atoms. The van der Waals surface area contributed by atoms with Gasteiger partial charge in [0.1, 0.15) is 16.2 Å². The highest BCUT2D eigenvalue weighted by Gasteiger charge is 2.32. The van der Waals surface area contributed by atoms with Crippen molar-refractivity contribution in [2.75, 3.05) is 26.2 Å². The SMILES string of the molecule is Cn1cc(S(=O)(=O)N2CCN(C(=O)c3ccc[n+]([O-])c3)CC2)cc1C(N)=O. The Bertz CT molecular complexity index is 992. The van der Waals surface area contributed by atoms with Gasteiger partial charge in [0.2, 0.25) is 10.0 Å². The Kier molecular flexibility index (Phi) is 4.89. The van der Waals surface area contributed by atoms with E-state index in [4.69, 9.17) is 5.73 Å². The van der Waals surface area contributed by atoms with Crippen molar-refractivity contribution in [2.24, 2.45) is 12.8 Å². The Morgan fingerprint density at radius 3 is 2.44 bits per heavy atom. The van der Waals surface area contributed by atoms with E-state index in [9.17, 15) is 23.2 Å². The molecule has 0 atom stereocenters. The number of nitrogens with zero attached hydrogens (tertiary/aromatic N) is 4. The van der Waals surface area contributed by atoms with Crippen molar-refractivity contribution in [3.8, 4) is 0 Å². The Morgan fingerprint density at radius 1 is 1.22 bits per heavy atom. The number of pyridine rings is 1. The Balaban J connectivity index is 1.72. The summed E-state index contributed by atoms with van der Waals surface area (Å²) in [4.78, 5) is 25.3. The number of carbonyl (C=O) groups is 2. The van der Waals surface area contributed by atoms with Crippen LogP contribution in [0.25, 0.3) is 0 Å². The van der Waals surface area contributed by atoms with Gasteiger partial charge in [-0.15, -0.1) is 0 Å². The van der Waals surface area contributed by atoms with Gasteiger partial charge in [-0.1, -0.05) is 0 Å². The minimum atomic E-state index is -3.81. The standard InChI is InChI=1S/C16H19N5O5S/c1-18-11-13(9-14(18)15(17)22)27(25,26)21-7-5-19(6-8-21)16(23)12-3-2-4-20(24)10-12/h2-4,9-11H,5-8H2,1H3,(H2,17,22). The zero-order chi connectivity index (χ0) is 19.8. The Hall–Kier alpha value is -2.92. The average molecular weight is 393 g/mol. The highest BCUT2D eigenvalue weighted by Crippen LogP contribution is 2.20. The Morgan fingerprint density at radius 2 is 1.89 bits per heavy atom. The number of carbonyl (C=O) groups excluding carboxylic acids is 2. The molecule has 1 saturated heterocycles. The first-order valence-corrected chi connectivity index (χ1v) is 9.58. The minimum Gasteiger partial charge on any atom is -0.619 e. The molecule has 0 spiro atoms. The van der Waals surface area contributed by atoms with Crippen LogP contribution in [0.1, 0.15) is 20.8 Å². The van der Waals surface area contributed by atoms with E-state index in [1.165, 1.54) is 57.6 Å². The molecule has 3 rings (SSSR count). The van der Waals surface area contributed by atoms with Crippen molar-refractivity contribution in [1.82, 2.24) is 13.8 Å². The predicted molar refractivity (Wildman–Crippen MR) is 94.0 cm³/mol. The number of sulfonamides is 1. The van der Waals surface area contributed by atoms with E-state index in [2.05, 4.69) is 0 Å². The summed E-state index contributed by atoms with van der Waals surface area (Å²) in [5.74, 6) is -1.04. The summed E-state index contributed by atoms with van der Waals surface area (Å²) < 4.78 is 28.7. The number of primary amides is 1. The van der Waals surface area contributed by atoms with Crippen LogP contribution in [0.2, 0.25) is 0 Å². The molecule has 2 aromatic rings. The van der Waals surface area contributed by atoms with Crippen molar-refractivity contribution >= 4 is 21.8 Å². The normalized spacial score (nSPS) is 15.7. The third-order valence-electron chi connectivity index (χ3n) is 4.42. The first-order chi connectivity index (χ1) is 12.7. The van der Waals surface area contributed by atoms with E-state index < -0.39 is 15.9 Å². The third-order valence-corrected chi connectivity index (χ3v) is 6.28. The fourth-order valence-corrected chi connectivity index (χ4v) is 4.46. The summed E-state index contributed by atoms with van der Waals surface area (Å²) in [6, 6.07) is 4.26. The maximum atomic E-state index is 12.8. The molecule has 2 amide bonds. The molecule has 0 saturated carbocycles. The average Bonchev–Trinajstić information content (AvgIpc) is 3.04. The fourth-order valence-electron chi connectivity index (χ4n) is 2.96. The molecular weight excluding hydrogens is 374 g/mol. The summed E-state index contributed by atoms with van der Waals surface area (Å²) in [5, 5.41) is 11.3. The number of rotatable bonds is 4. The van der Waals surface area contributed by atoms with Crippen LogP contribution in [0.4, 0.5) is 0 Å². The summed E-state index contributed by atoms with van der Waals surface area (Å²) in [5.41, 5.74) is 5.57. The molecule has 144 valence electrons. The third kappa shape index (κ3) is 3.64. The molecule has 10 nitrogen and oxygen atoms in total. The number of hydrogen-bond donors (Lipinski definition) is 1.